The zero-order valence-electron chi connectivity index (χ0n) is 11.1. The monoisotopic (exact) mass is 275 g/mol. The third-order valence-corrected chi connectivity index (χ3v) is 3.80. The van der Waals surface area contributed by atoms with Crippen molar-refractivity contribution < 1.29 is 9.90 Å². The van der Waals surface area contributed by atoms with Gasteiger partial charge < -0.3 is 5.11 Å². The number of carbonyl (C=O) groups is 1. The molecule has 3 nitrogen and oxygen atoms in total. The molecule has 19 heavy (non-hydrogen) atoms. The SMILES string of the molecule is CC(C)CCc1nc(-c2cccc(C(=O)O)c2)cs1. The summed E-state index contributed by atoms with van der Waals surface area (Å²) in [4.78, 5) is 15.5. The van der Waals surface area contributed by atoms with Crippen LogP contribution in [-0.4, -0.2) is 16.1 Å². The number of carboxylic acids is 1. The summed E-state index contributed by atoms with van der Waals surface area (Å²) in [6.45, 7) is 4.40. The van der Waals surface area contributed by atoms with Crippen LogP contribution in [0.1, 0.15) is 35.6 Å². The highest BCUT2D eigenvalue weighted by molar-refractivity contribution is 7.09. The molecule has 100 valence electrons. The Labute approximate surface area is 116 Å². The zero-order chi connectivity index (χ0) is 13.8. The van der Waals surface area contributed by atoms with Gasteiger partial charge >= 0.3 is 5.97 Å². The molecule has 0 radical (unpaired) electrons. The Morgan fingerprint density at radius 1 is 1.42 bits per heavy atom. The molecule has 0 atom stereocenters. The van der Waals surface area contributed by atoms with Crippen molar-refractivity contribution in [3.05, 3.63) is 40.2 Å². The van der Waals surface area contributed by atoms with Gasteiger partial charge in [-0.25, -0.2) is 9.78 Å². The van der Waals surface area contributed by atoms with Gasteiger partial charge in [-0.2, -0.15) is 0 Å². The van der Waals surface area contributed by atoms with Gasteiger partial charge in [-0.15, -0.1) is 11.3 Å². The molecule has 0 fully saturated rings. The second-order valence-corrected chi connectivity index (χ2v) is 5.89. The largest absolute Gasteiger partial charge is 0.478 e. The number of nitrogens with zero attached hydrogens (tertiary/aromatic N) is 1. The maximum Gasteiger partial charge on any atom is 0.335 e. The average molecular weight is 275 g/mol. The van der Waals surface area contributed by atoms with E-state index in [1.807, 2.05) is 11.4 Å². The third-order valence-electron chi connectivity index (χ3n) is 2.89. The summed E-state index contributed by atoms with van der Waals surface area (Å²) >= 11 is 1.64. The lowest BCUT2D eigenvalue weighted by Crippen LogP contribution is -1.96. The second-order valence-electron chi connectivity index (χ2n) is 4.94. The van der Waals surface area contributed by atoms with Gasteiger partial charge in [-0.1, -0.05) is 26.0 Å². The highest BCUT2D eigenvalue weighted by Gasteiger charge is 2.08. The standard InChI is InChI=1S/C15H17NO2S/c1-10(2)6-7-14-16-13(9-19-14)11-4-3-5-12(8-11)15(17)18/h3-5,8-10H,6-7H2,1-2H3,(H,17,18). The Morgan fingerprint density at radius 2 is 2.21 bits per heavy atom. The van der Waals surface area contributed by atoms with E-state index in [0.717, 1.165) is 29.1 Å². The molecule has 0 bridgehead atoms. The van der Waals surface area contributed by atoms with Crippen LogP contribution in [0.3, 0.4) is 0 Å². The van der Waals surface area contributed by atoms with Crippen LogP contribution in [0.4, 0.5) is 0 Å². The molecule has 1 aromatic heterocycles. The average Bonchev–Trinajstić information content (AvgIpc) is 2.85. The molecule has 4 heteroatoms. The molecule has 2 aromatic rings. The maximum atomic E-state index is 10.9. The Kier molecular flexibility index (Phi) is 4.32. The quantitative estimate of drug-likeness (QED) is 0.893. The van der Waals surface area contributed by atoms with Crippen LogP contribution in [0.5, 0.6) is 0 Å². The molecule has 0 saturated heterocycles. The number of rotatable bonds is 5. The molecule has 0 amide bonds. The number of carboxylic acid groups (broad SMARTS) is 1. The van der Waals surface area contributed by atoms with Gasteiger partial charge in [-0.3, -0.25) is 0 Å². The minimum Gasteiger partial charge on any atom is -0.478 e. The molecule has 0 aliphatic carbocycles. The summed E-state index contributed by atoms with van der Waals surface area (Å²) in [5.41, 5.74) is 2.04. The van der Waals surface area contributed by atoms with Crippen LogP contribution >= 0.6 is 11.3 Å². The van der Waals surface area contributed by atoms with Crippen LogP contribution in [0.2, 0.25) is 0 Å². The van der Waals surface area contributed by atoms with E-state index in [2.05, 4.69) is 18.8 Å². The molecule has 0 spiro atoms. The lowest BCUT2D eigenvalue weighted by molar-refractivity contribution is 0.0697. The van der Waals surface area contributed by atoms with Crippen molar-refractivity contribution in [1.29, 1.82) is 0 Å². The zero-order valence-corrected chi connectivity index (χ0v) is 11.9. The molecule has 2 rings (SSSR count). The van der Waals surface area contributed by atoms with E-state index in [1.165, 1.54) is 0 Å². The summed E-state index contributed by atoms with van der Waals surface area (Å²) in [6.07, 6.45) is 2.11. The summed E-state index contributed by atoms with van der Waals surface area (Å²) < 4.78 is 0. The minimum absolute atomic E-state index is 0.300. The molecule has 1 heterocycles. The first kappa shape index (κ1) is 13.7. The highest BCUT2D eigenvalue weighted by Crippen LogP contribution is 2.24. The van der Waals surface area contributed by atoms with Crippen molar-refractivity contribution in [2.75, 3.05) is 0 Å². The number of hydrogen-bond donors (Lipinski definition) is 1. The Morgan fingerprint density at radius 3 is 2.89 bits per heavy atom. The minimum atomic E-state index is -0.905. The number of aryl methyl sites for hydroxylation is 1. The van der Waals surface area contributed by atoms with Crippen LogP contribution in [0.25, 0.3) is 11.3 Å². The smallest absolute Gasteiger partial charge is 0.335 e. The normalized spacial score (nSPS) is 10.9. The Bertz CT molecular complexity index is 575. The highest BCUT2D eigenvalue weighted by atomic mass is 32.1. The van der Waals surface area contributed by atoms with E-state index in [9.17, 15) is 4.79 Å². The molecular weight excluding hydrogens is 258 g/mol. The van der Waals surface area contributed by atoms with Crippen LogP contribution in [0, 0.1) is 5.92 Å². The van der Waals surface area contributed by atoms with Crippen LogP contribution in [0.15, 0.2) is 29.6 Å². The fraction of sp³-hybridized carbons (Fsp3) is 0.333. The summed E-state index contributed by atoms with van der Waals surface area (Å²) in [7, 11) is 0. The van der Waals surface area contributed by atoms with Gasteiger partial charge in [0.1, 0.15) is 0 Å². The summed E-state index contributed by atoms with van der Waals surface area (Å²) in [5, 5.41) is 12.1. The number of thiazole rings is 1. The number of benzene rings is 1. The van der Waals surface area contributed by atoms with Crippen molar-refractivity contribution in [3.8, 4) is 11.3 Å². The van der Waals surface area contributed by atoms with Crippen LogP contribution < -0.4 is 0 Å². The molecule has 0 saturated carbocycles. The van der Waals surface area contributed by atoms with Gasteiger partial charge in [0.15, 0.2) is 0 Å². The fourth-order valence-corrected chi connectivity index (χ4v) is 2.61. The van der Waals surface area contributed by atoms with Gasteiger partial charge in [0.2, 0.25) is 0 Å². The topological polar surface area (TPSA) is 50.2 Å². The first-order valence-corrected chi connectivity index (χ1v) is 7.22. The maximum absolute atomic E-state index is 10.9. The van der Waals surface area contributed by atoms with E-state index < -0.39 is 5.97 Å². The molecule has 1 aromatic carbocycles. The molecule has 0 aliphatic heterocycles. The van der Waals surface area contributed by atoms with Crippen molar-refractivity contribution >= 4 is 17.3 Å². The first-order valence-electron chi connectivity index (χ1n) is 6.34. The fourth-order valence-electron chi connectivity index (χ4n) is 1.78. The number of aromatic nitrogens is 1. The van der Waals surface area contributed by atoms with Gasteiger partial charge in [0, 0.05) is 10.9 Å². The van der Waals surface area contributed by atoms with Gasteiger partial charge in [0.25, 0.3) is 0 Å². The van der Waals surface area contributed by atoms with E-state index in [1.54, 1.807) is 29.5 Å². The second kappa shape index (κ2) is 5.97. The molecular formula is C15H17NO2S. The first-order chi connectivity index (χ1) is 9.06. The molecule has 0 aliphatic rings. The van der Waals surface area contributed by atoms with Crippen molar-refractivity contribution in [2.24, 2.45) is 5.92 Å². The van der Waals surface area contributed by atoms with Gasteiger partial charge in [-0.05, 0) is 30.9 Å². The van der Waals surface area contributed by atoms with Crippen LogP contribution in [-0.2, 0) is 6.42 Å². The Hall–Kier alpha value is -1.68. The van der Waals surface area contributed by atoms with E-state index in [4.69, 9.17) is 5.11 Å². The third kappa shape index (κ3) is 3.64. The summed E-state index contributed by atoms with van der Waals surface area (Å²) in [5.74, 6) is -0.236. The lowest BCUT2D eigenvalue weighted by atomic mass is 10.1. The van der Waals surface area contributed by atoms with E-state index in [-0.39, 0.29) is 0 Å². The van der Waals surface area contributed by atoms with E-state index >= 15 is 0 Å². The Balaban J connectivity index is 2.18. The number of hydrogen-bond acceptors (Lipinski definition) is 3. The van der Waals surface area contributed by atoms with Crippen molar-refractivity contribution in [3.63, 3.8) is 0 Å². The predicted octanol–water partition coefficient (Wildman–Crippen LogP) is 4.10. The number of aromatic carboxylic acids is 1. The van der Waals surface area contributed by atoms with Crippen molar-refractivity contribution in [1.82, 2.24) is 4.98 Å². The predicted molar refractivity (Wildman–Crippen MR) is 77.7 cm³/mol. The molecule has 1 N–H and O–H groups in total. The summed E-state index contributed by atoms with van der Waals surface area (Å²) in [6, 6.07) is 6.92. The molecule has 0 unspecified atom stereocenters. The van der Waals surface area contributed by atoms with Crippen molar-refractivity contribution in [2.45, 2.75) is 26.7 Å². The van der Waals surface area contributed by atoms with Gasteiger partial charge in [0.05, 0.1) is 16.3 Å². The lowest BCUT2D eigenvalue weighted by Gasteiger charge is -2.01. The van der Waals surface area contributed by atoms with E-state index in [0.29, 0.717) is 11.5 Å².